The van der Waals surface area contributed by atoms with Crippen LogP contribution in [0.4, 0.5) is 0 Å². The molecule has 1 aromatic heterocycles. The normalized spacial score (nSPS) is 12.2. The van der Waals surface area contributed by atoms with Crippen molar-refractivity contribution in [3.8, 4) is 5.69 Å². The van der Waals surface area contributed by atoms with Crippen LogP contribution in [-0.4, -0.2) is 35.9 Å². The smallest absolute Gasteiger partial charge is 0.214 e. The van der Waals surface area contributed by atoms with E-state index in [1.54, 1.807) is 4.68 Å². The summed E-state index contributed by atoms with van der Waals surface area (Å²) in [4.78, 5) is 0.853. The fraction of sp³-hybridized carbons (Fsp3) is 0.133. The number of aromatic nitrogens is 4. The Morgan fingerprint density at radius 2 is 1.68 bits per heavy atom. The van der Waals surface area contributed by atoms with E-state index in [-0.39, 0.29) is 0 Å². The predicted octanol–water partition coefficient (Wildman–Crippen LogP) is 2.56. The third-order valence-corrected chi connectivity index (χ3v) is 5.50. The highest BCUT2D eigenvalue weighted by molar-refractivity contribution is 8.00. The SMILES string of the molecule is O=[S@](CCSc1nnnn1-c1ccccc1)c1ccccc1. The van der Waals surface area contributed by atoms with Crippen molar-refractivity contribution in [3.63, 3.8) is 0 Å². The topological polar surface area (TPSA) is 60.7 Å². The van der Waals surface area contributed by atoms with Gasteiger partial charge in [-0.1, -0.05) is 48.2 Å². The van der Waals surface area contributed by atoms with Crippen molar-refractivity contribution in [1.29, 1.82) is 0 Å². The molecule has 5 nitrogen and oxygen atoms in total. The van der Waals surface area contributed by atoms with Gasteiger partial charge in [-0.05, 0) is 34.7 Å². The Hall–Kier alpha value is -1.99. The molecule has 3 rings (SSSR count). The summed E-state index contributed by atoms with van der Waals surface area (Å²) in [5.74, 6) is 1.26. The molecule has 0 N–H and O–H groups in total. The van der Waals surface area contributed by atoms with Gasteiger partial charge in [0.2, 0.25) is 5.16 Å². The Morgan fingerprint density at radius 3 is 2.41 bits per heavy atom. The Bertz CT molecular complexity index is 747. The fourth-order valence-corrected chi connectivity index (χ4v) is 4.08. The van der Waals surface area contributed by atoms with Crippen molar-refractivity contribution in [1.82, 2.24) is 20.2 Å². The largest absolute Gasteiger partial charge is 0.254 e. The van der Waals surface area contributed by atoms with Gasteiger partial charge in [0.15, 0.2) is 0 Å². The second-order valence-corrected chi connectivity index (χ2v) is 7.05. The van der Waals surface area contributed by atoms with Gasteiger partial charge in [0.05, 0.1) is 16.5 Å². The Kier molecular flexibility index (Phi) is 4.97. The van der Waals surface area contributed by atoms with Crippen LogP contribution in [0.2, 0.25) is 0 Å². The van der Waals surface area contributed by atoms with Crippen molar-refractivity contribution in [3.05, 3.63) is 60.7 Å². The lowest BCUT2D eigenvalue weighted by Crippen LogP contribution is -2.03. The van der Waals surface area contributed by atoms with Gasteiger partial charge in [-0.25, -0.2) is 0 Å². The van der Waals surface area contributed by atoms with Crippen molar-refractivity contribution >= 4 is 22.6 Å². The van der Waals surface area contributed by atoms with E-state index in [1.165, 1.54) is 11.8 Å². The zero-order chi connectivity index (χ0) is 15.2. The lowest BCUT2D eigenvalue weighted by atomic mass is 10.3. The second-order valence-electron chi connectivity index (χ2n) is 4.42. The van der Waals surface area contributed by atoms with E-state index in [4.69, 9.17) is 0 Å². The minimum Gasteiger partial charge on any atom is -0.254 e. The third-order valence-electron chi connectivity index (χ3n) is 2.95. The molecule has 0 aliphatic carbocycles. The molecule has 0 bridgehead atoms. The average Bonchev–Trinajstić information content (AvgIpc) is 3.05. The zero-order valence-corrected chi connectivity index (χ0v) is 13.3. The summed E-state index contributed by atoms with van der Waals surface area (Å²) >= 11 is 1.51. The molecule has 0 radical (unpaired) electrons. The molecule has 22 heavy (non-hydrogen) atoms. The van der Waals surface area contributed by atoms with Gasteiger partial charge in [0.1, 0.15) is 0 Å². The Labute approximate surface area is 135 Å². The summed E-state index contributed by atoms with van der Waals surface area (Å²) in [5.41, 5.74) is 0.916. The highest BCUT2D eigenvalue weighted by Gasteiger charge is 2.10. The van der Waals surface area contributed by atoms with Crippen LogP contribution >= 0.6 is 11.8 Å². The van der Waals surface area contributed by atoms with Crippen LogP contribution in [0, 0.1) is 0 Å². The molecule has 0 saturated carbocycles. The van der Waals surface area contributed by atoms with Gasteiger partial charge in [-0.3, -0.25) is 4.21 Å². The number of tetrazole rings is 1. The monoisotopic (exact) mass is 330 g/mol. The first kappa shape index (κ1) is 14.9. The first-order valence-corrected chi connectivity index (χ1v) is 9.05. The van der Waals surface area contributed by atoms with Gasteiger partial charge in [0, 0.05) is 16.4 Å². The van der Waals surface area contributed by atoms with Crippen LogP contribution in [0.1, 0.15) is 0 Å². The van der Waals surface area contributed by atoms with Gasteiger partial charge in [-0.15, -0.1) is 5.10 Å². The van der Waals surface area contributed by atoms with Crippen molar-refractivity contribution in [2.24, 2.45) is 0 Å². The standard InChI is InChI=1S/C15H14N4OS2/c20-22(14-9-5-2-6-10-14)12-11-21-15-16-17-18-19(15)13-7-3-1-4-8-13/h1-10H,11-12H2/t22-/m1/s1. The molecular formula is C15H14N4OS2. The van der Waals surface area contributed by atoms with Gasteiger partial charge in [0.25, 0.3) is 0 Å². The summed E-state index contributed by atoms with van der Waals surface area (Å²) in [6.07, 6.45) is 0. The van der Waals surface area contributed by atoms with E-state index in [0.717, 1.165) is 10.6 Å². The van der Waals surface area contributed by atoms with E-state index in [0.29, 0.717) is 16.7 Å². The molecule has 1 heterocycles. The molecule has 1 atom stereocenters. The minimum absolute atomic E-state index is 0.566. The zero-order valence-electron chi connectivity index (χ0n) is 11.7. The van der Waals surface area contributed by atoms with Gasteiger partial charge < -0.3 is 0 Å². The summed E-state index contributed by atoms with van der Waals surface area (Å²) in [6, 6.07) is 19.2. The molecule has 3 aromatic rings. The molecule has 0 aliphatic rings. The maximum atomic E-state index is 12.2. The number of hydrogen-bond donors (Lipinski definition) is 0. The van der Waals surface area contributed by atoms with Crippen molar-refractivity contribution in [2.75, 3.05) is 11.5 Å². The average molecular weight is 330 g/mol. The Balaban J connectivity index is 1.61. The van der Waals surface area contributed by atoms with Crippen molar-refractivity contribution in [2.45, 2.75) is 10.1 Å². The molecule has 0 saturated heterocycles. The first-order valence-electron chi connectivity index (χ1n) is 6.74. The highest BCUT2D eigenvalue weighted by atomic mass is 32.2. The molecule has 0 unspecified atom stereocenters. The van der Waals surface area contributed by atoms with Crippen LogP contribution in [0.25, 0.3) is 5.69 Å². The van der Waals surface area contributed by atoms with E-state index < -0.39 is 10.8 Å². The van der Waals surface area contributed by atoms with Crippen molar-refractivity contribution < 1.29 is 4.21 Å². The summed E-state index contributed by atoms with van der Waals surface area (Å²) in [5, 5.41) is 12.5. The van der Waals surface area contributed by atoms with Gasteiger partial charge >= 0.3 is 0 Å². The van der Waals surface area contributed by atoms with Crippen LogP contribution in [0.5, 0.6) is 0 Å². The molecule has 0 aliphatic heterocycles. The number of para-hydroxylation sites is 1. The predicted molar refractivity (Wildman–Crippen MR) is 87.6 cm³/mol. The number of rotatable bonds is 6. The first-order chi connectivity index (χ1) is 10.8. The quantitative estimate of drug-likeness (QED) is 0.650. The molecular weight excluding hydrogens is 316 g/mol. The van der Waals surface area contributed by atoms with E-state index in [2.05, 4.69) is 15.5 Å². The Morgan fingerprint density at radius 1 is 1.00 bits per heavy atom. The van der Waals surface area contributed by atoms with E-state index in [9.17, 15) is 4.21 Å². The van der Waals surface area contributed by atoms with Crippen LogP contribution < -0.4 is 0 Å². The summed E-state index contributed by atoms with van der Waals surface area (Å²) < 4.78 is 13.9. The van der Waals surface area contributed by atoms with Gasteiger partial charge in [-0.2, -0.15) is 4.68 Å². The molecule has 112 valence electrons. The molecule has 0 spiro atoms. The van der Waals surface area contributed by atoms with Crippen LogP contribution in [0.3, 0.4) is 0 Å². The molecule has 0 fully saturated rings. The lowest BCUT2D eigenvalue weighted by Gasteiger charge is -2.04. The second kappa shape index (κ2) is 7.33. The minimum atomic E-state index is -0.995. The molecule has 7 heteroatoms. The van der Waals surface area contributed by atoms with E-state index in [1.807, 2.05) is 60.7 Å². The third kappa shape index (κ3) is 3.61. The molecule has 0 amide bonds. The lowest BCUT2D eigenvalue weighted by molar-refractivity contribution is 0.684. The molecule has 2 aromatic carbocycles. The maximum Gasteiger partial charge on any atom is 0.214 e. The number of benzene rings is 2. The van der Waals surface area contributed by atoms with Crippen LogP contribution in [0.15, 0.2) is 70.7 Å². The highest BCUT2D eigenvalue weighted by Crippen LogP contribution is 2.18. The fourth-order valence-electron chi connectivity index (χ4n) is 1.90. The maximum absolute atomic E-state index is 12.2. The summed E-state index contributed by atoms with van der Waals surface area (Å²) in [6.45, 7) is 0. The van der Waals surface area contributed by atoms with E-state index >= 15 is 0 Å². The number of thioether (sulfide) groups is 1. The number of hydrogen-bond acceptors (Lipinski definition) is 5. The number of nitrogens with zero attached hydrogens (tertiary/aromatic N) is 4. The summed E-state index contributed by atoms with van der Waals surface area (Å²) in [7, 11) is -0.995. The van der Waals surface area contributed by atoms with Crippen LogP contribution in [-0.2, 0) is 10.8 Å².